The maximum Gasteiger partial charge on any atom is 0.0540 e. The molecule has 1 aliphatic rings. The van der Waals surface area contributed by atoms with Crippen LogP contribution in [0.15, 0.2) is 212 Å². The molecule has 0 aliphatic heterocycles. The van der Waals surface area contributed by atoms with E-state index in [9.17, 15) is 0 Å². The van der Waals surface area contributed by atoms with Crippen LogP contribution in [0.4, 0.5) is 17.1 Å². The molecule has 0 saturated heterocycles. The molecular formula is C57H41NS. The Hall–Kier alpha value is -7.00. The van der Waals surface area contributed by atoms with Crippen molar-refractivity contribution < 1.29 is 0 Å². The second-order valence-corrected chi connectivity index (χ2v) is 17.2. The first kappa shape index (κ1) is 35.2. The van der Waals surface area contributed by atoms with Gasteiger partial charge in [-0.05, 0) is 116 Å². The molecule has 10 aromatic rings. The average molecular weight is 772 g/mol. The number of thiophene rings is 1. The van der Waals surface area contributed by atoms with E-state index in [1.165, 1.54) is 86.9 Å². The molecule has 0 saturated carbocycles. The Morgan fingerprint density at radius 2 is 0.898 bits per heavy atom. The van der Waals surface area contributed by atoms with Crippen LogP contribution in [0.3, 0.4) is 0 Å². The third kappa shape index (κ3) is 6.07. The van der Waals surface area contributed by atoms with Gasteiger partial charge in [-0.15, -0.1) is 11.3 Å². The van der Waals surface area contributed by atoms with Crippen molar-refractivity contribution in [2.45, 2.75) is 19.3 Å². The third-order valence-electron chi connectivity index (χ3n) is 12.3. The molecule has 0 fully saturated rings. The minimum Gasteiger partial charge on any atom is -0.310 e. The largest absolute Gasteiger partial charge is 0.310 e. The van der Waals surface area contributed by atoms with Gasteiger partial charge >= 0.3 is 0 Å². The van der Waals surface area contributed by atoms with Crippen LogP contribution in [0.25, 0.3) is 75.8 Å². The molecule has 0 amide bonds. The normalized spacial score (nSPS) is 12.7. The number of hydrogen-bond donors (Lipinski definition) is 0. The van der Waals surface area contributed by atoms with Crippen LogP contribution in [-0.4, -0.2) is 0 Å². The molecule has 0 unspecified atom stereocenters. The molecule has 11 rings (SSSR count). The van der Waals surface area contributed by atoms with Gasteiger partial charge in [-0.3, -0.25) is 0 Å². The fourth-order valence-corrected chi connectivity index (χ4v) is 10.4. The van der Waals surface area contributed by atoms with E-state index in [4.69, 9.17) is 0 Å². The molecular weight excluding hydrogens is 731 g/mol. The summed E-state index contributed by atoms with van der Waals surface area (Å²) in [5, 5.41) is 2.63. The van der Waals surface area contributed by atoms with Crippen LogP contribution < -0.4 is 4.90 Å². The van der Waals surface area contributed by atoms with Gasteiger partial charge in [0.2, 0.25) is 0 Å². The Kier molecular flexibility index (Phi) is 8.43. The minimum absolute atomic E-state index is 0.0982. The highest BCUT2D eigenvalue weighted by atomic mass is 32.1. The summed E-state index contributed by atoms with van der Waals surface area (Å²) in [4.78, 5) is 2.44. The summed E-state index contributed by atoms with van der Waals surface area (Å²) in [5.74, 6) is 0. The van der Waals surface area contributed by atoms with Crippen LogP contribution >= 0.6 is 11.3 Å². The van der Waals surface area contributed by atoms with E-state index in [1.807, 2.05) is 11.3 Å². The summed E-state index contributed by atoms with van der Waals surface area (Å²) in [6, 6.07) is 78.1. The van der Waals surface area contributed by atoms with E-state index in [1.54, 1.807) is 0 Å². The molecule has 1 heterocycles. The lowest BCUT2D eigenvalue weighted by Crippen LogP contribution is -2.15. The Morgan fingerprint density at radius 3 is 1.64 bits per heavy atom. The first-order valence-corrected chi connectivity index (χ1v) is 21.2. The molecule has 59 heavy (non-hydrogen) atoms. The number of nitrogens with zero attached hydrogens (tertiary/aromatic N) is 1. The molecule has 0 atom stereocenters. The third-order valence-corrected chi connectivity index (χ3v) is 13.4. The van der Waals surface area contributed by atoms with Crippen LogP contribution in [0.5, 0.6) is 0 Å². The molecule has 1 nitrogen and oxygen atoms in total. The van der Waals surface area contributed by atoms with E-state index in [0.717, 1.165) is 17.1 Å². The molecule has 2 heteroatoms. The lowest BCUT2D eigenvalue weighted by molar-refractivity contribution is 0.660. The summed E-state index contributed by atoms with van der Waals surface area (Å²) in [5.41, 5.74) is 18.3. The molecule has 280 valence electrons. The second kappa shape index (κ2) is 14.1. The number of anilines is 3. The van der Waals surface area contributed by atoms with E-state index in [2.05, 4.69) is 231 Å². The Labute approximate surface area is 350 Å². The van der Waals surface area contributed by atoms with Crippen molar-refractivity contribution in [1.82, 2.24) is 0 Å². The number of benzene rings is 9. The number of hydrogen-bond acceptors (Lipinski definition) is 2. The van der Waals surface area contributed by atoms with Gasteiger partial charge in [-0.25, -0.2) is 0 Å². The van der Waals surface area contributed by atoms with Crippen LogP contribution in [0, 0.1) is 0 Å². The highest BCUT2D eigenvalue weighted by Gasteiger charge is 2.36. The van der Waals surface area contributed by atoms with Crippen molar-refractivity contribution in [3.63, 3.8) is 0 Å². The van der Waals surface area contributed by atoms with E-state index < -0.39 is 0 Å². The summed E-state index contributed by atoms with van der Waals surface area (Å²) < 4.78 is 2.62. The van der Waals surface area contributed by atoms with Crippen LogP contribution in [-0.2, 0) is 5.41 Å². The van der Waals surface area contributed by atoms with Gasteiger partial charge in [0.05, 0.1) is 5.69 Å². The number of para-hydroxylation sites is 1. The number of fused-ring (bicyclic) bond motifs is 6. The van der Waals surface area contributed by atoms with E-state index in [0.29, 0.717) is 0 Å². The molecule has 9 aromatic carbocycles. The van der Waals surface area contributed by atoms with Crippen molar-refractivity contribution in [3.05, 3.63) is 223 Å². The van der Waals surface area contributed by atoms with Crippen molar-refractivity contribution >= 4 is 48.6 Å². The zero-order valence-electron chi connectivity index (χ0n) is 33.1. The predicted molar refractivity (Wildman–Crippen MR) is 253 cm³/mol. The second-order valence-electron chi connectivity index (χ2n) is 16.1. The first-order chi connectivity index (χ1) is 29.0. The van der Waals surface area contributed by atoms with Gasteiger partial charge in [0.25, 0.3) is 0 Å². The fraction of sp³-hybridized carbons (Fsp3) is 0.0526. The van der Waals surface area contributed by atoms with Crippen molar-refractivity contribution in [1.29, 1.82) is 0 Å². The smallest absolute Gasteiger partial charge is 0.0540 e. The topological polar surface area (TPSA) is 3.24 Å². The average Bonchev–Trinajstić information content (AvgIpc) is 3.78. The monoisotopic (exact) mass is 771 g/mol. The molecule has 0 bridgehead atoms. The van der Waals surface area contributed by atoms with Gasteiger partial charge in [-0.2, -0.15) is 0 Å². The molecule has 1 aliphatic carbocycles. The van der Waals surface area contributed by atoms with E-state index in [-0.39, 0.29) is 5.41 Å². The Morgan fingerprint density at radius 1 is 0.339 bits per heavy atom. The predicted octanol–water partition coefficient (Wildman–Crippen LogP) is 16.5. The molecule has 0 N–H and O–H groups in total. The highest BCUT2D eigenvalue weighted by molar-refractivity contribution is 7.25. The zero-order chi connectivity index (χ0) is 39.5. The van der Waals surface area contributed by atoms with Crippen molar-refractivity contribution in [2.75, 3.05) is 4.90 Å². The van der Waals surface area contributed by atoms with Crippen LogP contribution in [0.2, 0.25) is 0 Å². The Balaban J connectivity index is 1.05. The van der Waals surface area contributed by atoms with Crippen molar-refractivity contribution in [3.8, 4) is 55.6 Å². The molecule has 1 aromatic heterocycles. The standard InChI is InChI=1S/C57H41NS/c1-57(2)52-32-29-42(35-51(52)48-30-27-43(36-53(48)57)39-17-7-4-8-18-39)41-20-14-22-46(34-41)58(45-21-13-19-40(33-45)38-15-5-3-6-16-38)54-25-11-9-23-47(54)44-28-31-50-49-24-10-12-26-55(49)59-56(50)37-44/h3-37H,1-2H3. The van der Waals surface area contributed by atoms with Crippen LogP contribution in [0.1, 0.15) is 25.0 Å². The first-order valence-electron chi connectivity index (χ1n) is 20.4. The van der Waals surface area contributed by atoms with Gasteiger partial charge in [0.1, 0.15) is 0 Å². The molecule has 0 spiro atoms. The summed E-state index contributed by atoms with van der Waals surface area (Å²) in [6.45, 7) is 4.73. The van der Waals surface area contributed by atoms with Crippen molar-refractivity contribution in [2.24, 2.45) is 0 Å². The highest BCUT2D eigenvalue weighted by Crippen LogP contribution is 2.51. The maximum absolute atomic E-state index is 2.44. The van der Waals surface area contributed by atoms with Gasteiger partial charge < -0.3 is 4.90 Å². The Bertz CT molecular complexity index is 3190. The van der Waals surface area contributed by atoms with Gasteiger partial charge in [-0.1, -0.05) is 172 Å². The fourth-order valence-electron chi connectivity index (χ4n) is 9.26. The SMILES string of the molecule is CC1(C)c2ccc(-c3cccc(N(c4cccc(-c5ccccc5)c4)c4ccccc4-c4ccc5c(c4)sc4ccccc45)c3)cc2-c2ccc(-c3ccccc3)cc21. The van der Waals surface area contributed by atoms with Gasteiger partial charge in [0.15, 0.2) is 0 Å². The maximum atomic E-state index is 2.44. The molecule has 0 radical (unpaired) electrons. The minimum atomic E-state index is -0.0982. The quantitative estimate of drug-likeness (QED) is 0.156. The summed E-state index contributed by atoms with van der Waals surface area (Å²) in [6.07, 6.45) is 0. The van der Waals surface area contributed by atoms with Gasteiger partial charge in [0, 0.05) is 42.5 Å². The van der Waals surface area contributed by atoms with E-state index >= 15 is 0 Å². The zero-order valence-corrected chi connectivity index (χ0v) is 33.9. The number of rotatable bonds is 7. The summed E-state index contributed by atoms with van der Waals surface area (Å²) in [7, 11) is 0. The lowest BCUT2D eigenvalue weighted by Gasteiger charge is -2.29. The lowest BCUT2D eigenvalue weighted by atomic mass is 9.81. The summed E-state index contributed by atoms with van der Waals surface area (Å²) >= 11 is 1.87.